The van der Waals surface area contributed by atoms with E-state index in [2.05, 4.69) is 4.90 Å². The molecule has 0 amide bonds. The molecule has 1 saturated heterocycles. The van der Waals surface area contributed by atoms with Gasteiger partial charge in [-0.15, -0.1) is 0 Å². The zero-order valence-corrected chi connectivity index (χ0v) is 21.1. The standard InChI is InChI=1S/C28H30FN3O5/c1-3-28(35)13-24(33)37-23(15-31-7-5-4-6-8-31)25-18(28)11-21-26-17(14-32(21)27(25)34)9-16-10-22(36-2)19(29)12-20(16)30-26/h9-12,23,35H,3-8,13-15H2,1-2H3. The number of methoxy groups -OCH3 is 1. The van der Waals surface area contributed by atoms with Crippen LogP contribution in [0.3, 0.4) is 0 Å². The average Bonchev–Trinajstić information content (AvgIpc) is 3.19. The first kappa shape index (κ1) is 24.1. The highest BCUT2D eigenvalue weighted by Crippen LogP contribution is 2.42. The monoisotopic (exact) mass is 507 g/mol. The summed E-state index contributed by atoms with van der Waals surface area (Å²) in [5, 5.41) is 12.3. The summed E-state index contributed by atoms with van der Waals surface area (Å²) in [6.45, 7) is 4.27. The molecule has 0 aliphatic carbocycles. The number of hydrogen-bond donors (Lipinski definition) is 1. The minimum Gasteiger partial charge on any atom is -0.494 e. The molecule has 2 unspecified atom stereocenters. The minimum absolute atomic E-state index is 0.129. The molecule has 3 aliphatic rings. The van der Waals surface area contributed by atoms with Crippen molar-refractivity contribution in [2.45, 2.75) is 57.3 Å². The third-order valence-electron chi connectivity index (χ3n) is 8.07. The summed E-state index contributed by atoms with van der Waals surface area (Å²) >= 11 is 0. The maximum absolute atomic E-state index is 14.4. The highest BCUT2D eigenvalue weighted by molar-refractivity contribution is 5.85. The number of pyridine rings is 2. The topological polar surface area (TPSA) is 93.9 Å². The highest BCUT2D eigenvalue weighted by Gasteiger charge is 2.43. The van der Waals surface area contributed by atoms with Gasteiger partial charge in [0.1, 0.15) is 11.7 Å². The van der Waals surface area contributed by atoms with Crippen LogP contribution in [0, 0.1) is 5.82 Å². The molecule has 8 nitrogen and oxygen atoms in total. The summed E-state index contributed by atoms with van der Waals surface area (Å²) in [5.41, 5.74) is 1.33. The molecular formula is C28H30FN3O5. The van der Waals surface area contributed by atoms with Gasteiger partial charge in [0, 0.05) is 23.6 Å². The number of rotatable bonds is 4. The smallest absolute Gasteiger partial charge is 0.309 e. The van der Waals surface area contributed by atoms with Crippen molar-refractivity contribution in [1.82, 2.24) is 14.5 Å². The summed E-state index contributed by atoms with van der Waals surface area (Å²) in [6.07, 6.45) is 2.56. The predicted octanol–water partition coefficient (Wildman–Crippen LogP) is 3.64. The number of piperidine rings is 1. The van der Waals surface area contributed by atoms with E-state index in [0.717, 1.165) is 31.5 Å². The van der Waals surface area contributed by atoms with Crippen molar-refractivity contribution in [1.29, 1.82) is 0 Å². The summed E-state index contributed by atoms with van der Waals surface area (Å²) in [4.78, 5) is 33.8. The minimum atomic E-state index is -1.53. The number of halogens is 1. The van der Waals surface area contributed by atoms with E-state index in [0.29, 0.717) is 40.0 Å². The third kappa shape index (κ3) is 3.92. The van der Waals surface area contributed by atoms with Crippen molar-refractivity contribution in [3.63, 3.8) is 0 Å². The van der Waals surface area contributed by atoms with Gasteiger partial charge in [-0.25, -0.2) is 9.37 Å². The SMILES string of the molecule is CCC1(O)CC(=O)OC(CN2CCCCC2)c2c1cc1n(c2=O)Cc2cc3cc(OC)c(F)cc3nc2-1. The lowest BCUT2D eigenvalue weighted by Crippen LogP contribution is -2.38. The Morgan fingerprint density at radius 1 is 1.19 bits per heavy atom. The molecule has 2 aromatic heterocycles. The summed E-state index contributed by atoms with van der Waals surface area (Å²) in [6, 6.07) is 6.61. The Morgan fingerprint density at radius 3 is 2.70 bits per heavy atom. The average molecular weight is 508 g/mol. The number of ether oxygens (including phenoxy) is 2. The van der Waals surface area contributed by atoms with E-state index >= 15 is 0 Å². The van der Waals surface area contributed by atoms with E-state index in [1.165, 1.54) is 19.6 Å². The van der Waals surface area contributed by atoms with Crippen molar-refractivity contribution in [3.05, 3.63) is 57.1 Å². The fourth-order valence-corrected chi connectivity index (χ4v) is 6.01. The zero-order chi connectivity index (χ0) is 25.9. The number of fused-ring (bicyclic) bond motifs is 5. The molecule has 9 heteroatoms. The molecule has 0 spiro atoms. The van der Waals surface area contributed by atoms with Crippen molar-refractivity contribution >= 4 is 16.9 Å². The Bertz CT molecular complexity index is 1480. The van der Waals surface area contributed by atoms with Crippen LogP contribution in [0.2, 0.25) is 0 Å². The number of carbonyl (C=O) groups is 1. The first-order valence-corrected chi connectivity index (χ1v) is 12.9. The van der Waals surface area contributed by atoms with Crippen molar-refractivity contribution in [3.8, 4) is 17.1 Å². The Hall–Kier alpha value is -3.30. The van der Waals surface area contributed by atoms with Crippen LogP contribution in [-0.2, 0) is 21.7 Å². The molecule has 194 valence electrons. The van der Waals surface area contributed by atoms with E-state index in [1.807, 2.05) is 6.07 Å². The van der Waals surface area contributed by atoms with Gasteiger partial charge in [0.05, 0.1) is 42.5 Å². The molecule has 0 bridgehead atoms. The van der Waals surface area contributed by atoms with Crippen LogP contribution in [0.5, 0.6) is 5.75 Å². The Morgan fingerprint density at radius 2 is 1.97 bits per heavy atom. The van der Waals surface area contributed by atoms with Crippen LogP contribution < -0.4 is 10.3 Å². The zero-order valence-electron chi connectivity index (χ0n) is 21.1. The normalized spacial score (nSPS) is 23.2. The number of nitrogens with zero attached hydrogens (tertiary/aromatic N) is 3. The van der Waals surface area contributed by atoms with E-state index in [9.17, 15) is 19.1 Å². The molecule has 0 radical (unpaired) electrons. The number of esters is 1. The van der Waals surface area contributed by atoms with E-state index < -0.39 is 23.5 Å². The van der Waals surface area contributed by atoms with Crippen LogP contribution in [0.4, 0.5) is 4.39 Å². The van der Waals surface area contributed by atoms with E-state index in [-0.39, 0.29) is 30.7 Å². The number of likely N-dealkylation sites (tertiary alicyclic amines) is 1. The van der Waals surface area contributed by atoms with Gasteiger partial charge in [0.2, 0.25) is 0 Å². The van der Waals surface area contributed by atoms with Crippen LogP contribution >= 0.6 is 0 Å². The summed E-state index contributed by atoms with van der Waals surface area (Å²) < 4.78 is 27.0. The molecule has 37 heavy (non-hydrogen) atoms. The second kappa shape index (κ2) is 8.92. The Balaban J connectivity index is 1.52. The quantitative estimate of drug-likeness (QED) is 0.422. The van der Waals surface area contributed by atoms with Gasteiger partial charge in [-0.1, -0.05) is 13.3 Å². The molecule has 2 atom stereocenters. The maximum atomic E-state index is 14.4. The van der Waals surface area contributed by atoms with Gasteiger partial charge < -0.3 is 19.1 Å². The summed E-state index contributed by atoms with van der Waals surface area (Å²) in [7, 11) is 1.41. The van der Waals surface area contributed by atoms with Gasteiger partial charge in [0.15, 0.2) is 11.6 Å². The largest absolute Gasteiger partial charge is 0.494 e. The number of hydrogen-bond acceptors (Lipinski definition) is 7. The van der Waals surface area contributed by atoms with Crippen LogP contribution in [-0.4, -0.2) is 52.3 Å². The van der Waals surface area contributed by atoms with Crippen molar-refractivity contribution in [2.75, 3.05) is 26.7 Å². The van der Waals surface area contributed by atoms with E-state index in [1.54, 1.807) is 23.6 Å². The fourth-order valence-electron chi connectivity index (χ4n) is 6.01. The molecule has 1 N–H and O–H groups in total. The lowest BCUT2D eigenvalue weighted by molar-refractivity contribution is -0.154. The maximum Gasteiger partial charge on any atom is 0.309 e. The Kier molecular flexibility index (Phi) is 5.80. The number of benzene rings is 1. The molecular weight excluding hydrogens is 477 g/mol. The lowest BCUT2D eigenvalue weighted by atomic mass is 9.84. The molecule has 3 aromatic rings. The first-order chi connectivity index (χ1) is 17.8. The summed E-state index contributed by atoms with van der Waals surface area (Å²) in [5.74, 6) is -0.901. The lowest BCUT2D eigenvalue weighted by Gasteiger charge is -2.31. The second-order valence-corrected chi connectivity index (χ2v) is 10.3. The van der Waals surface area contributed by atoms with Gasteiger partial charge >= 0.3 is 5.97 Å². The number of aromatic nitrogens is 2. The van der Waals surface area contributed by atoms with Crippen molar-refractivity contribution in [2.24, 2.45) is 0 Å². The van der Waals surface area contributed by atoms with Crippen LogP contribution in [0.25, 0.3) is 22.3 Å². The van der Waals surface area contributed by atoms with Gasteiger partial charge in [-0.3, -0.25) is 14.5 Å². The molecule has 5 heterocycles. The highest BCUT2D eigenvalue weighted by atomic mass is 19.1. The molecule has 1 fully saturated rings. The third-order valence-corrected chi connectivity index (χ3v) is 8.07. The number of carbonyl (C=O) groups excluding carboxylic acids is 1. The molecule has 6 rings (SSSR count). The van der Waals surface area contributed by atoms with Gasteiger partial charge in [-0.2, -0.15) is 0 Å². The number of aliphatic hydroxyl groups is 1. The molecule has 1 aromatic carbocycles. The van der Waals surface area contributed by atoms with E-state index in [4.69, 9.17) is 14.5 Å². The molecule has 0 saturated carbocycles. The van der Waals surface area contributed by atoms with Crippen molar-refractivity contribution < 1.29 is 23.8 Å². The predicted molar refractivity (Wildman–Crippen MR) is 135 cm³/mol. The first-order valence-electron chi connectivity index (χ1n) is 12.9. The fraction of sp³-hybridized carbons (Fsp3) is 0.464. The number of cyclic esters (lactones) is 1. The van der Waals surface area contributed by atoms with Gasteiger partial charge in [0.25, 0.3) is 5.56 Å². The second-order valence-electron chi connectivity index (χ2n) is 10.3. The van der Waals surface area contributed by atoms with Crippen LogP contribution in [0.15, 0.2) is 29.1 Å². The van der Waals surface area contributed by atoms with Crippen LogP contribution in [0.1, 0.15) is 61.8 Å². The molecule has 3 aliphatic heterocycles. The van der Waals surface area contributed by atoms with Gasteiger partial charge in [-0.05, 0) is 56.1 Å². The Labute approximate surface area is 213 Å².